The maximum absolute atomic E-state index is 13.0. The first-order valence-electron chi connectivity index (χ1n) is 12.0. The minimum absolute atomic E-state index is 0.0110. The minimum Gasteiger partial charge on any atom is -0.496 e. The first-order valence-corrected chi connectivity index (χ1v) is 14.4. The molecule has 1 aliphatic rings. The van der Waals surface area contributed by atoms with Gasteiger partial charge in [-0.05, 0) is 53.8 Å². The molecule has 0 saturated heterocycles. The van der Waals surface area contributed by atoms with Crippen LogP contribution in [0.5, 0.6) is 5.75 Å². The van der Waals surface area contributed by atoms with Gasteiger partial charge in [-0.1, -0.05) is 65.9 Å². The number of thiazole rings is 1. The van der Waals surface area contributed by atoms with Crippen LogP contribution in [0.15, 0.2) is 72.1 Å². The molecule has 188 valence electrons. The lowest BCUT2D eigenvalue weighted by Crippen LogP contribution is -2.25. The fourth-order valence-corrected chi connectivity index (χ4v) is 6.08. The molecule has 0 aliphatic heterocycles. The van der Waals surface area contributed by atoms with Crippen molar-refractivity contribution >= 4 is 56.6 Å². The van der Waals surface area contributed by atoms with Crippen molar-refractivity contribution in [3.63, 3.8) is 0 Å². The van der Waals surface area contributed by atoms with Crippen LogP contribution in [0.25, 0.3) is 11.3 Å². The van der Waals surface area contributed by atoms with Crippen molar-refractivity contribution in [2.45, 2.75) is 23.7 Å². The van der Waals surface area contributed by atoms with Crippen molar-refractivity contribution in [2.24, 2.45) is 5.92 Å². The molecule has 0 bridgehead atoms. The summed E-state index contributed by atoms with van der Waals surface area (Å²) in [6.45, 7) is 2.11. The second kappa shape index (κ2) is 11.0. The Kier molecular flexibility index (Phi) is 7.57. The first kappa shape index (κ1) is 25.4. The van der Waals surface area contributed by atoms with Crippen LogP contribution in [0.1, 0.15) is 39.9 Å². The maximum Gasteiger partial charge on any atom is 0.255 e. The van der Waals surface area contributed by atoms with Gasteiger partial charge in [0, 0.05) is 38.1 Å². The molecule has 0 unspecified atom stereocenters. The zero-order valence-electron chi connectivity index (χ0n) is 20.5. The topological polar surface area (TPSA) is 80.3 Å². The van der Waals surface area contributed by atoms with E-state index in [9.17, 15) is 9.59 Å². The van der Waals surface area contributed by atoms with E-state index in [-0.39, 0.29) is 23.7 Å². The van der Waals surface area contributed by atoms with Crippen molar-refractivity contribution in [1.82, 2.24) is 4.98 Å². The van der Waals surface area contributed by atoms with E-state index in [1.54, 1.807) is 13.2 Å². The third-order valence-corrected chi connectivity index (χ3v) is 8.34. The quantitative estimate of drug-likeness (QED) is 0.173. The molecule has 6 nitrogen and oxygen atoms in total. The molecule has 0 fully saturated rings. The van der Waals surface area contributed by atoms with Gasteiger partial charge in [0.05, 0.1) is 12.8 Å². The highest BCUT2D eigenvalue weighted by molar-refractivity contribution is 14.1. The Labute approximate surface area is 233 Å². The van der Waals surface area contributed by atoms with Crippen LogP contribution in [-0.2, 0) is 15.6 Å². The normalized spacial score (nSPS) is 16.2. The number of anilines is 2. The summed E-state index contributed by atoms with van der Waals surface area (Å²) in [6, 6.07) is 21.2. The Morgan fingerprint density at radius 1 is 1.08 bits per heavy atom. The molecule has 0 spiro atoms. The van der Waals surface area contributed by atoms with Gasteiger partial charge in [-0.15, -0.1) is 11.3 Å². The number of halogens is 1. The van der Waals surface area contributed by atoms with Crippen LogP contribution < -0.4 is 15.4 Å². The smallest absolute Gasteiger partial charge is 0.255 e. The van der Waals surface area contributed by atoms with Crippen molar-refractivity contribution in [3.05, 3.63) is 94.4 Å². The van der Waals surface area contributed by atoms with Crippen molar-refractivity contribution in [2.75, 3.05) is 17.7 Å². The lowest BCUT2D eigenvalue weighted by Gasteiger charge is -2.14. The van der Waals surface area contributed by atoms with Crippen molar-refractivity contribution in [3.8, 4) is 17.0 Å². The SMILES string of the molecule is COc1ccc(NC(=O)c2cccc(-c3csc(NC(=O)[C@@H]4Cc5ccccc5[C@@H]4C)n3)c2)cc1CI. The number of carbonyl (C=O) groups is 2. The van der Waals surface area contributed by atoms with Crippen LogP contribution in [-0.4, -0.2) is 23.9 Å². The van der Waals surface area contributed by atoms with Crippen LogP contribution >= 0.6 is 33.9 Å². The number of aromatic nitrogens is 1. The third kappa shape index (κ3) is 5.40. The third-order valence-electron chi connectivity index (χ3n) is 6.76. The van der Waals surface area contributed by atoms with Crippen LogP contribution in [0.3, 0.4) is 0 Å². The molecule has 4 aromatic rings. The van der Waals surface area contributed by atoms with Gasteiger partial charge < -0.3 is 15.4 Å². The largest absolute Gasteiger partial charge is 0.496 e. The zero-order chi connectivity index (χ0) is 25.9. The first-order chi connectivity index (χ1) is 18.0. The lowest BCUT2D eigenvalue weighted by atomic mass is 9.94. The molecule has 1 aliphatic carbocycles. The summed E-state index contributed by atoms with van der Waals surface area (Å²) in [6.07, 6.45) is 0.742. The molecule has 2 amide bonds. The standard InChI is InChI=1S/C29H26IN3O3S/c1-17-23-9-4-3-6-18(23)14-24(17)28(35)33-29-32-25(16-37-29)19-7-5-8-20(12-19)27(34)31-22-10-11-26(36-2)21(13-22)15-30/h3-13,16-17,24H,14-15H2,1-2H3,(H,31,34)(H,32,33,35)/t17-,24+/m0/s1. The van der Waals surface area contributed by atoms with Gasteiger partial charge in [0.2, 0.25) is 5.91 Å². The molecule has 2 N–H and O–H groups in total. The van der Waals surface area contributed by atoms with E-state index < -0.39 is 0 Å². The summed E-state index contributed by atoms with van der Waals surface area (Å²) in [5, 5.41) is 8.43. The van der Waals surface area contributed by atoms with Crippen LogP contribution in [0.4, 0.5) is 10.8 Å². The van der Waals surface area contributed by atoms with Gasteiger partial charge in [-0.3, -0.25) is 9.59 Å². The minimum atomic E-state index is -0.204. The Bertz CT molecular complexity index is 1470. The monoisotopic (exact) mass is 623 g/mol. The Balaban J connectivity index is 1.27. The number of rotatable bonds is 7. The van der Waals surface area contributed by atoms with Crippen molar-refractivity contribution < 1.29 is 14.3 Å². The van der Waals surface area contributed by atoms with E-state index in [4.69, 9.17) is 4.74 Å². The summed E-state index contributed by atoms with van der Waals surface area (Å²) in [4.78, 5) is 30.6. The lowest BCUT2D eigenvalue weighted by molar-refractivity contribution is -0.120. The Hall–Kier alpha value is -3.24. The van der Waals surface area contributed by atoms with Gasteiger partial charge in [0.1, 0.15) is 5.75 Å². The van der Waals surface area contributed by atoms with Crippen molar-refractivity contribution in [1.29, 1.82) is 0 Å². The van der Waals surface area contributed by atoms with Crippen LogP contribution in [0.2, 0.25) is 0 Å². The number of alkyl halides is 1. The average Bonchev–Trinajstić information content (AvgIpc) is 3.53. The molecular formula is C29H26IN3O3S. The second-order valence-corrected chi connectivity index (χ2v) is 10.6. The molecule has 1 heterocycles. The number of fused-ring (bicyclic) bond motifs is 1. The number of hydrogen-bond donors (Lipinski definition) is 2. The fraction of sp³-hybridized carbons (Fsp3) is 0.207. The number of methoxy groups -OCH3 is 1. The highest BCUT2D eigenvalue weighted by Crippen LogP contribution is 2.38. The Morgan fingerprint density at radius 3 is 2.70 bits per heavy atom. The number of ether oxygens (including phenoxy) is 1. The molecular weight excluding hydrogens is 597 g/mol. The predicted octanol–water partition coefficient (Wildman–Crippen LogP) is 6.92. The van der Waals surface area contributed by atoms with Gasteiger partial charge in [-0.25, -0.2) is 4.98 Å². The van der Waals surface area contributed by atoms with Gasteiger partial charge in [-0.2, -0.15) is 0 Å². The summed E-state index contributed by atoms with van der Waals surface area (Å²) in [5.41, 5.74) is 6.28. The van der Waals surface area contributed by atoms with E-state index in [1.165, 1.54) is 22.5 Å². The number of nitrogens with zero attached hydrogens (tertiary/aromatic N) is 1. The summed E-state index contributed by atoms with van der Waals surface area (Å²) in [7, 11) is 1.64. The maximum atomic E-state index is 13.0. The predicted molar refractivity (Wildman–Crippen MR) is 157 cm³/mol. The highest BCUT2D eigenvalue weighted by atomic mass is 127. The molecule has 5 rings (SSSR count). The molecule has 8 heteroatoms. The van der Waals surface area contributed by atoms with Gasteiger partial charge >= 0.3 is 0 Å². The fourth-order valence-electron chi connectivity index (χ4n) is 4.76. The second-order valence-electron chi connectivity index (χ2n) is 9.02. The van der Waals surface area contributed by atoms with Gasteiger partial charge in [0.25, 0.3) is 5.91 Å². The molecule has 37 heavy (non-hydrogen) atoms. The van der Waals surface area contributed by atoms with E-state index in [0.717, 1.165) is 27.7 Å². The van der Waals surface area contributed by atoms with E-state index >= 15 is 0 Å². The number of carbonyl (C=O) groups excluding carboxylic acids is 2. The summed E-state index contributed by atoms with van der Waals surface area (Å²) in [5.74, 6) is 0.646. The molecule has 0 radical (unpaired) electrons. The Morgan fingerprint density at radius 2 is 1.92 bits per heavy atom. The van der Waals surface area contributed by atoms with E-state index in [0.29, 0.717) is 22.1 Å². The average molecular weight is 624 g/mol. The molecule has 3 aromatic carbocycles. The van der Waals surface area contributed by atoms with Crippen LogP contribution in [0, 0.1) is 5.92 Å². The number of benzene rings is 3. The van der Waals surface area contributed by atoms with Gasteiger partial charge in [0.15, 0.2) is 5.13 Å². The number of hydrogen-bond acceptors (Lipinski definition) is 5. The number of amides is 2. The number of nitrogens with one attached hydrogen (secondary N) is 2. The van der Waals surface area contributed by atoms with E-state index in [2.05, 4.69) is 57.3 Å². The highest BCUT2D eigenvalue weighted by Gasteiger charge is 2.34. The molecule has 2 atom stereocenters. The van der Waals surface area contributed by atoms with E-state index in [1.807, 2.05) is 53.9 Å². The summed E-state index contributed by atoms with van der Waals surface area (Å²) < 4.78 is 6.14. The molecule has 0 saturated carbocycles. The zero-order valence-corrected chi connectivity index (χ0v) is 23.4. The summed E-state index contributed by atoms with van der Waals surface area (Å²) >= 11 is 3.66. The molecule has 1 aromatic heterocycles.